The number of carbonyl (C=O) groups is 2. The first-order valence-corrected chi connectivity index (χ1v) is 4.07. The summed E-state index contributed by atoms with van der Waals surface area (Å²) in [4.78, 5) is 23.4. The van der Waals surface area contributed by atoms with Gasteiger partial charge in [-0.3, -0.25) is 4.79 Å². The second-order valence-corrected chi connectivity index (χ2v) is 3.08. The van der Waals surface area contributed by atoms with E-state index in [4.69, 9.17) is 5.11 Å². The summed E-state index contributed by atoms with van der Waals surface area (Å²) < 4.78 is 0. The smallest absolute Gasteiger partial charge is 0.335 e. The summed E-state index contributed by atoms with van der Waals surface area (Å²) in [5, 5.41) is 8.63. The number of amides is 1. The summed E-state index contributed by atoms with van der Waals surface area (Å²) in [7, 11) is 3.29. The Kier molecular flexibility index (Phi) is 2.86. The third kappa shape index (κ3) is 2.10. The van der Waals surface area contributed by atoms with E-state index in [1.165, 1.54) is 29.2 Å². The van der Waals surface area contributed by atoms with Crippen molar-refractivity contribution in [3.8, 4) is 0 Å². The molecule has 1 aromatic carbocycles. The van der Waals surface area contributed by atoms with Crippen molar-refractivity contribution in [2.75, 3.05) is 14.1 Å². The first-order chi connectivity index (χ1) is 6.52. The number of aromatic carboxylic acids is 1. The van der Waals surface area contributed by atoms with Gasteiger partial charge in [-0.05, 0) is 24.3 Å². The predicted octanol–water partition coefficient (Wildman–Crippen LogP) is 1.09. The lowest BCUT2D eigenvalue weighted by atomic mass is 10.1. The van der Waals surface area contributed by atoms with Crippen LogP contribution in [0.2, 0.25) is 0 Å². The van der Waals surface area contributed by atoms with Crippen molar-refractivity contribution < 1.29 is 14.7 Å². The molecule has 0 saturated heterocycles. The summed E-state index contributed by atoms with van der Waals surface area (Å²) in [6, 6.07) is 5.84. The van der Waals surface area contributed by atoms with Gasteiger partial charge in [0.1, 0.15) is 0 Å². The number of carboxylic acids is 1. The van der Waals surface area contributed by atoms with Crippen LogP contribution in [-0.2, 0) is 0 Å². The molecule has 1 aromatic rings. The minimum absolute atomic E-state index is 0.137. The number of carboxylic acid groups (broad SMARTS) is 1. The van der Waals surface area contributed by atoms with Crippen LogP contribution in [0.3, 0.4) is 0 Å². The van der Waals surface area contributed by atoms with Gasteiger partial charge in [-0.25, -0.2) is 4.79 Å². The van der Waals surface area contributed by atoms with Crippen molar-refractivity contribution >= 4 is 11.9 Å². The van der Waals surface area contributed by atoms with E-state index >= 15 is 0 Å². The summed E-state index contributed by atoms with van der Waals surface area (Å²) in [5.74, 6) is -1.13. The highest BCUT2D eigenvalue weighted by Crippen LogP contribution is 2.06. The molecule has 0 aliphatic rings. The van der Waals surface area contributed by atoms with Crippen molar-refractivity contribution in [3.63, 3.8) is 0 Å². The summed E-state index contributed by atoms with van der Waals surface area (Å²) in [6.07, 6.45) is 0. The second-order valence-electron chi connectivity index (χ2n) is 3.08. The number of rotatable bonds is 2. The number of hydrogen-bond acceptors (Lipinski definition) is 2. The van der Waals surface area contributed by atoms with Crippen molar-refractivity contribution in [1.82, 2.24) is 4.90 Å². The van der Waals surface area contributed by atoms with Crippen molar-refractivity contribution in [2.24, 2.45) is 0 Å². The molecule has 0 aliphatic carbocycles. The van der Waals surface area contributed by atoms with Gasteiger partial charge >= 0.3 is 5.97 Å². The first kappa shape index (κ1) is 10.2. The third-order valence-corrected chi connectivity index (χ3v) is 1.78. The Morgan fingerprint density at radius 2 is 1.50 bits per heavy atom. The lowest BCUT2D eigenvalue weighted by molar-refractivity contribution is 0.0695. The Morgan fingerprint density at radius 3 is 1.86 bits per heavy atom. The fourth-order valence-electron chi connectivity index (χ4n) is 1.01. The van der Waals surface area contributed by atoms with Crippen LogP contribution in [0.4, 0.5) is 0 Å². The van der Waals surface area contributed by atoms with E-state index in [2.05, 4.69) is 0 Å². The van der Waals surface area contributed by atoms with Gasteiger partial charge in [-0.15, -0.1) is 0 Å². The molecule has 1 amide bonds. The fraction of sp³-hybridized carbons (Fsp3) is 0.200. The van der Waals surface area contributed by atoms with Gasteiger partial charge in [0.15, 0.2) is 0 Å². The largest absolute Gasteiger partial charge is 0.478 e. The highest BCUT2D eigenvalue weighted by atomic mass is 16.4. The Morgan fingerprint density at radius 1 is 1.07 bits per heavy atom. The Labute approximate surface area is 81.8 Å². The van der Waals surface area contributed by atoms with Crippen molar-refractivity contribution in [3.05, 3.63) is 35.4 Å². The van der Waals surface area contributed by atoms with Crippen molar-refractivity contribution in [1.29, 1.82) is 0 Å². The van der Waals surface area contributed by atoms with E-state index < -0.39 is 5.97 Å². The van der Waals surface area contributed by atoms with Crippen LogP contribution >= 0.6 is 0 Å². The van der Waals surface area contributed by atoms with Crippen LogP contribution in [0.1, 0.15) is 20.7 Å². The zero-order valence-corrected chi connectivity index (χ0v) is 8.02. The molecule has 0 saturated carbocycles. The highest BCUT2D eigenvalue weighted by Gasteiger charge is 2.08. The summed E-state index contributed by atoms with van der Waals surface area (Å²) in [6.45, 7) is 0. The Hall–Kier alpha value is -1.84. The number of carbonyl (C=O) groups excluding carboxylic acids is 1. The van der Waals surface area contributed by atoms with E-state index in [0.29, 0.717) is 5.56 Å². The molecule has 0 unspecified atom stereocenters. The Balaban J connectivity index is 2.94. The van der Waals surface area contributed by atoms with Gasteiger partial charge in [0.05, 0.1) is 5.56 Å². The molecule has 0 radical (unpaired) electrons. The Bertz CT molecular complexity index is 354. The zero-order chi connectivity index (χ0) is 10.7. The molecule has 1 N–H and O–H groups in total. The molecular formula is C10H11NO3. The van der Waals surface area contributed by atoms with E-state index in [1.807, 2.05) is 0 Å². The monoisotopic (exact) mass is 193 g/mol. The number of benzene rings is 1. The third-order valence-electron chi connectivity index (χ3n) is 1.78. The van der Waals surface area contributed by atoms with Crippen LogP contribution in [0.15, 0.2) is 24.3 Å². The molecule has 14 heavy (non-hydrogen) atoms. The van der Waals surface area contributed by atoms with Crippen LogP contribution in [0.5, 0.6) is 0 Å². The lowest BCUT2D eigenvalue weighted by Crippen LogP contribution is -2.21. The maximum Gasteiger partial charge on any atom is 0.335 e. The van der Waals surface area contributed by atoms with Gasteiger partial charge < -0.3 is 10.0 Å². The summed E-state index contributed by atoms with van der Waals surface area (Å²) >= 11 is 0. The molecule has 0 aliphatic heterocycles. The molecule has 0 atom stereocenters. The number of nitrogens with zero attached hydrogens (tertiary/aromatic N) is 1. The molecular weight excluding hydrogens is 182 g/mol. The number of hydrogen-bond donors (Lipinski definition) is 1. The van der Waals surface area contributed by atoms with E-state index in [0.717, 1.165) is 0 Å². The maximum atomic E-state index is 11.4. The molecule has 0 fully saturated rings. The molecule has 0 spiro atoms. The van der Waals surface area contributed by atoms with Gasteiger partial charge in [-0.1, -0.05) is 0 Å². The highest BCUT2D eigenvalue weighted by molar-refractivity contribution is 5.95. The average Bonchev–Trinajstić information content (AvgIpc) is 2.16. The SMILES string of the molecule is CN(C)C(=O)c1ccc(C(=O)O)cc1. The van der Waals surface area contributed by atoms with E-state index in [-0.39, 0.29) is 11.5 Å². The molecule has 0 bridgehead atoms. The summed E-state index contributed by atoms with van der Waals surface area (Å²) in [5.41, 5.74) is 0.667. The maximum absolute atomic E-state index is 11.4. The van der Waals surface area contributed by atoms with Crippen molar-refractivity contribution in [2.45, 2.75) is 0 Å². The molecule has 0 aromatic heterocycles. The van der Waals surface area contributed by atoms with Crippen LogP contribution in [0.25, 0.3) is 0 Å². The van der Waals surface area contributed by atoms with Gasteiger partial charge in [0, 0.05) is 19.7 Å². The predicted molar refractivity (Wildman–Crippen MR) is 51.4 cm³/mol. The zero-order valence-electron chi connectivity index (χ0n) is 8.02. The normalized spacial score (nSPS) is 9.57. The topological polar surface area (TPSA) is 57.6 Å². The minimum Gasteiger partial charge on any atom is -0.478 e. The standard InChI is InChI=1S/C10H11NO3/c1-11(2)9(12)7-3-5-8(6-4-7)10(13)14/h3-6H,1-2H3,(H,13,14). The minimum atomic E-state index is -0.992. The van der Waals surface area contributed by atoms with Crippen LogP contribution < -0.4 is 0 Å². The van der Waals surface area contributed by atoms with Gasteiger partial charge in [0.25, 0.3) is 5.91 Å². The molecule has 74 valence electrons. The molecule has 0 heterocycles. The van der Waals surface area contributed by atoms with Gasteiger partial charge in [-0.2, -0.15) is 0 Å². The van der Waals surface area contributed by atoms with Gasteiger partial charge in [0.2, 0.25) is 0 Å². The molecule has 1 rings (SSSR count). The fourth-order valence-corrected chi connectivity index (χ4v) is 1.01. The quantitative estimate of drug-likeness (QED) is 0.764. The van der Waals surface area contributed by atoms with Crippen LogP contribution in [0, 0.1) is 0 Å². The van der Waals surface area contributed by atoms with E-state index in [1.54, 1.807) is 14.1 Å². The molecule has 4 nitrogen and oxygen atoms in total. The van der Waals surface area contributed by atoms with Crippen LogP contribution in [-0.4, -0.2) is 36.0 Å². The average molecular weight is 193 g/mol. The second kappa shape index (κ2) is 3.91. The molecule has 4 heteroatoms. The van der Waals surface area contributed by atoms with E-state index in [9.17, 15) is 9.59 Å². The first-order valence-electron chi connectivity index (χ1n) is 4.07. The lowest BCUT2D eigenvalue weighted by Gasteiger charge is -2.09.